The van der Waals surface area contributed by atoms with E-state index in [2.05, 4.69) is 4.98 Å². The van der Waals surface area contributed by atoms with E-state index >= 15 is 0 Å². The number of hydrogen-bond donors (Lipinski definition) is 1. The minimum atomic E-state index is 0.0270. The van der Waals surface area contributed by atoms with Crippen LogP contribution in [0.25, 0.3) is 20.8 Å². The molecule has 5 heteroatoms. The molecule has 0 aliphatic heterocycles. The van der Waals surface area contributed by atoms with Gasteiger partial charge in [0, 0.05) is 12.8 Å². The summed E-state index contributed by atoms with van der Waals surface area (Å²) in [6.07, 6.45) is 7.11. The van der Waals surface area contributed by atoms with E-state index in [1.807, 2.05) is 30.3 Å². The van der Waals surface area contributed by atoms with Crippen molar-refractivity contribution in [1.82, 2.24) is 4.98 Å². The van der Waals surface area contributed by atoms with E-state index in [0.29, 0.717) is 24.3 Å². The number of phenols is 1. The zero-order valence-corrected chi connectivity index (χ0v) is 16.7. The fraction of sp³-hybridized carbons (Fsp3) is 0.364. The molecule has 140 valence electrons. The molecular formula is C22H22ClNO2S. The Labute approximate surface area is 168 Å². The molecule has 1 N–H and O–H groups in total. The highest BCUT2D eigenvalue weighted by Crippen LogP contribution is 2.40. The zero-order chi connectivity index (χ0) is 18.8. The van der Waals surface area contributed by atoms with E-state index in [1.54, 1.807) is 6.07 Å². The Morgan fingerprint density at radius 2 is 1.96 bits per heavy atom. The van der Waals surface area contributed by atoms with Crippen LogP contribution in [-0.4, -0.2) is 15.9 Å². The maximum atomic E-state index is 12.5. The van der Waals surface area contributed by atoms with E-state index in [0.717, 1.165) is 20.8 Å². The molecule has 1 saturated carbocycles. The number of para-hydroxylation sites is 1. The molecule has 0 amide bonds. The maximum Gasteiger partial charge on any atom is 0.144 e. The van der Waals surface area contributed by atoms with E-state index in [-0.39, 0.29) is 16.6 Å². The van der Waals surface area contributed by atoms with Crippen LogP contribution in [0.4, 0.5) is 0 Å². The summed E-state index contributed by atoms with van der Waals surface area (Å²) in [6.45, 7) is 0. The average Bonchev–Trinajstić information content (AvgIpc) is 3.09. The number of rotatable bonds is 5. The fourth-order valence-corrected chi connectivity index (χ4v) is 5.15. The number of aromatic hydroxyl groups is 1. The molecule has 1 aromatic heterocycles. The van der Waals surface area contributed by atoms with Crippen LogP contribution in [-0.2, 0) is 11.2 Å². The minimum Gasteiger partial charge on any atom is -0.506 e. The highest BCUT2D eigenvalue weighted by atomic mass is 35.5. The Morgan fingerprint density at radius 1 is 1.19 bits per heavy atom. The molecule has 0 unspecified atom stereocenters. The van der Waals surface area contributed by atoms with Crippen molar-refractivity contribution in [2.75, 3.05) is 0 Å². The molecule has 0 spiro atoms. The van der Waals surface area contributed by atoms with Gasteiger partial charge < -0.3 is 5.11 Å². The molecule has 0 saturated heterocycles. The molecule has 0 atom stereocenters. The Hall–Kier alpha value is -1.91. The molecule has 0 bridgehead atoms. The summed E-state index contributed by atoms with van der Waals surface area (Å²) in [5.74, 6) is 0.806. The summed E-state index contributed by atoms with van der Waals surface area (Å²) < 4.78 is 1.06. The number of thiazole rings is 1. The van der Waals surface area contributed by atoms with Gasteiger partial charge >= 0.3 is 0 Å². The highest BCUT2D eigenvalue weighted by molar-refractivity contribution is 7.21. The number of aromatic nitrogens is 1. The summed E-state index contributed by atoms with van der Waals surface area (Å²) in [6, 6.07) is 11.4. The van der Waals surface area contributed by atoms with Gasteiger partial charge in [-0.15, -0.1) is 11.3 Å². The van der Waals surface area contributed by atoms with Crippen molar-refractivity contribution in [3.05, 3.63) is 47.0 Å². The van der Waals surface area contributed by atoms with Crippen LogP contribution in [0.3, 0.4) is 0 Å². The molecule has 3 aromatic rings. The third-order valence-corrected chi connectivity index (χ3v) is 6.65. The van der Waals surface area contributed by atoms with Gasteiger partial charge in [0.1, 0.15) is 16.5 Å². The molecule has 1 heterocycles. The molecular weight excluding hydrogens is 378 g/mol. The van der Waals surface area contributed by atoms with Gasteiger partial charge in [0.05, 0.1) is 20.8 Å². The monoisotopic (exact) mass is 399 g/mol. The van der Waals surface area contributed by atoms with Crippen molar-refractivity contribution in [2.24, 2.45) is 5.92 Å². The van der Waals surface area contributed by atoms with Crippen LogP contribution in [0.1, 0.15) is 44.1 Å². The quantitative estimate of drug-likeness (QED) is 0.539. The second-order valence-corrected chi connectivity index (χ2v) is 8.82. The summed E-state index contributed by atoms with van der Waals surface area (Å²) in [4.78, 5) is 17.2. The van der Waals surface area contributed by atoms with Crippen molar-refractivity contribution < 1.29 is 9.90 Å². The van der Waals surface area contributed by atoms with Gasteiger partial charge in [-0.25, -0.2) is 4.98 Å². The zero-order valence-electron chi connectivity index (χ0n) is 15.1. The van der Waals surface area contributed by atoms with Crippen LogP contribution in [0.5, 0.6) is 5.75 Å². The third kappa shape index (κ3) is 4.17. The second-order valence-electron chi connectivity index (χ2n) is 7.38. The number of nitrogens with zero attached hydrogens (tertiary/aromatic N) is 1. The number of benzene rings is 2. The van der Waals surface area contributed by atoms with E-state index < -0.39 is 0 Å². The predicted molar refractivity (Wildman–Crippen MR) is 112 cm³/mol. The van der Waals surface area contributed by atoms with Gasteiger partial charge in [-0.1, -0.05) is 55.8 Å². The fourth-order valence-electron chi connectivity index (χ4n) is 3.92. The maximum absolute atomic E-state index is 12.5. The summed E-state index contributed by atoms with van der Waals surface area (Å²) in [7, 11) is 0. The first-order valence-corrected chi connectivity index (χ1v) is 10.7. The topological polar surface area (TPSA) is 50.2 Å². The smallest absolute Gasteiger partial charge is 0.144 e. The molecule has 3 nitrogen and oxygen atoms in total. The standard InChI is InChI=1S/C22H22ClNO2S/c23-18-13-15(11-16(25)10-14-6-2-1-3-7-14)12-17(21(18)26)22-24-19-8-4-5-9-20(19)27-22/h4-5,8-9,12-14,26H,1-3,6-7,10-11H2. The Bertz CT molecular complexity index is 943. The van der Waals surface area contributed by atoms with Gasteiger partial charge in [-0.2, -0.15) is 0 Å². The third-order valence-electron chi connectivity index (χ3n) is 5.29. The molecule has 0 radical (unpaired) electrons. The lowest BCUT2D eigenvalue weighted by molar-refractivity contribution is -0.119. The van der Waals surface area contributed by atoms with E-state index in [1.165, 1.54) is 43.4 Å². The normalized spacial score (nSPS) is 15.3. The van der Waals surface area contributed by atoms with E-state index in [4.69, 9.17) is 11.6 Å². The average molecular weight is 400 g/mol. The van der Waals surface area contributed by atoms with Crippen LogP contribution < -0.4 is 0 Å². The van der Waals surface area contributed by atoms with Gasteiger partial charge in [0.15, 0.2) is 0 Å². The second kappa shape index (κ2) is 7.99. The Kier molecular flexibility index (Phi) is 5.46. The van der Waals surface area contributed by atoms with Crippen LogP contribution in [0, 0.1) is 5.92 Å². The molecule has 1 aliphatic carbocycles. The number of carbonyl (C=O) groups is 1. The number of ketones is 1. The van der Waals surface area contributed by atoms with Gasteiger partial charge in [0.25, 0.3) is 0 Å². The predicted octanol–water partition coefficient (Wildman–Crippen LogP) is 6.40. The Morgan fingerprint density at radius 3 is 2.74 bits per heavy atom. The first kappa shape index (κ1) is 18.5. The van der Waals surface area contributed by atoms with Crippen molar-refractivity contribution in [2.45, 2.75) is 44.9 Å². The number of hydrogen-bond acceptors (Lipinski definition) is 4. The highest BCUT2D eigenvalue weighted by Gasteiger charge is 2.19. The largest absolute Gasteiger partial charge is 0.506 e. The molecule has 27 heavy (non-hydrogen) atoms. The van der Waals surface area contributed by atoms with Gasteiger partial charge in [-0.05, 0) is 35.7 Å². The van der Waals surface area contributed by atoms with Crippen LogP contribution in [0.2, 0.25) is 5.02 Å². The van der Waals surface area contributed by atoms with Crippen molar-refractivity contribution in [1.29, 1.82) is 0 Å². The number of Topliss-reactive ketones (excluding diaryl/α,β-unsaturated/α-hetero) is 1. The van der Waals surface area contributed by atoms with Gasteiger partial charge in [0.2, 0.25) is 0 Å². The number of carbonyl (C=O) groups excluding carboxylic acids is 1. The minimum absolute atomic E-state index is 0.0270. The lowest BCUT2D eigenvalue weighted by atomic mass is 9.85. The number of phenolic OH excluding ortho intramolecular Hbond substituents is 1. The number of fused-ring (bicyclic) bond motifs is 1. The van der Waals surface area contributed by atoms with Crippen LogP contribution in [0.15, 0.2) is 36.4 Å². The van der Waals surface area contributed by atoms with Crippen molar-refractivity contribution in [3.63, 3.8) is 0 Å². The summed E-state index contributed by atoms with van der Waals surface area (Å²) >= 11 is 7.77. The lowest BCUT2D eigenvalue weighted by Crippen LogP contribution is -2.13. The molecule has 2 aromatic carbocycles. The lowest BCUT2D eigenvalue weighted by Gasteiger charge is -2.20. The van der Waals surface area contributed by atoms with E-state index in [9.17, 15) is 9.90 Å². The molecule has 1 fully saturated rings. The van der Waals surface area contributed by atoms with Crippen LogP contribution >= 0.6 is 22.9 Å². The first-order chi connectivity index (χ1) is 13.1. The summed E-state index contributed by atoms with van der Waals surface area (Å²) in [5, 5.41) is 11.4. The molecule has 1 aliphatic rings. The number of halogens is 1. The van der Waals surface area contributed by atoms with Gasteiger partial charge in [-0.3, -0.25) is 4.79 Å². The summed E-state index contributed by atoms with van der Waals surface area (Å²) in [5.41, 5.74) is 2.34. The van der Waals surface area contributed by atoms with Crippen molar-refractivity contribution >= 4 is 38.9 Å². The Balaban J connectivity index is 1.58. The molecule has 4 rings (SSSR count). The SMILES string of the molecule is O=C(Cc1cc(Cl)c(O)c(-c2nc3ccccc3s2)c1)CC1CCCCC1. The van der Waals surface area contributed by atoms with Crippen molar-refractivity contribution in [3.8, 4) is 16.3 Å². The first-order valence-electron chi connectivity index (χ1n) is 9.49.